The van der Waals surface area contributed by atoms with Crippen LogP contribution in [0.1, 0.15) is 49.8 Å². The lowest BCUT2D eigenvalue weighted by molar-refractivity contribution is -0.121. The summed E-state index contributed by atoms with van der Waals surface area (Å²) in [6, 6.07) is 7.80. The Hall–Kier alpha value is -1.40. The average molecular weight is 326 g/mol. The Kier molecular flexibility index (Phi) is 7.03. The third-order valence-corrected chi connectivity index (χ3v) is 4.50. The number of hydrogen-bond donors (Lipinski definition) is 2. The van der Waals surface area contributed by atoms with Crippen molar-refractivity contribution in [2.45, 2.75) is 38.6 Å². The fourth-order valence-electron chi connectivity index (χ4n) is 2.05. The van der Waals surface area contributed by atoms with Crippen molar-refractivity contribution in [2.75, 3.05) is 18.6 Å². The van der Waals surface area contributed by atoms with E-state index < -0.39 is 9.84 Å². The van der Waals surface area contributed by atoms with Crippen molar-refractivity contribution in [1.82, 2.24) is 5.32 Å². The molecule has 0 saturated carbocycles. The van der Waals surface area contributed by atoms with E-state index in [0.29, 0.717) is 18.9 Å². The van der Waals surface area contributed by atoms with Crippen molar-refractivity contribution in [3.05, 3.63) is 35.4 Å². The molecule has 6 heteroatoms. The molecule has 0 bridgehead atoms. The van der Waals surface area contributed by atoms with E-state index in [4.69, 9.17) is 5.73 Å². The molecular weight excluding hydrogens is 300 g/mol. The summed E-state index contributed by atoms with van der Waals surface area (Å²) in [7, 11) is -3.01. The Balaban J connectivity index is 2.38. The van der Waals surface area contributed by atoms with Gasteiger partial charge in [0, 0.05) is 25.3 Å². The van der Waals surface area contributed by atoms with E-state index in [1.807, 2.05) is 24.3 Å². The van der Waals surface area contributed by atoms with Crippen molar-refractivity contribution in [3.63, 3.8) is 0 Å². The number of sulfone groups is 1. The maximum Gasteiger partial charge on any atom is 0.220 e. The normalized spacial score (nSPS) is 13.1. The molecular formula is C16H26N2O3S. The number of rotatable bonds is 8. The van der Waals surface area contributed by atoms with Crippen LogP contribution in [0.2, 0.25) is 0 Å². The van der Waals surface area contributed by atoms with Gasteiger partial charge in [0.1, 0.15) is 9.84 Å². The highest BCUT2D eigenvalue weighted by Gasteiger charge is 2.10. The number of nitrogens with two attached hydrogens (primary N) is 1. The summed E-state index contributed by atoms with van der Waals surface area (Å²) in [5.41, 5.74) is 8.28. The van der Waals surface area contributed by atoms with Crippen LogP contribution in [0, 0.1) is 0 Å². The van der Waals surface area contributed by atoms with Crippen molar-refractivity contribution < 1.29 is 13.2 Å². The molecule has 3 N–H and O–H groups in total. The van der Waals surface area contributed by atoms with Gasteiger partial charge < -0.3 is 11.1 Å². The molecule has 5 nitrogen and oxygen atoms in total. The first-order valence-corrected chi connectivity index (χ1v) is 9.55. The van der Waals surface area contributed by atoms with Crippen LogP contribution in [0.5, 0.6) is 0 Å². The van der Waals surface area contributed by atoms with Gasteiger partial charge in [-0.2, -0.15) is 0 Å². The summed E-state index contributed by atoms with van der Waals surface area (Å²) in [5, 5.41) is 2.75. The van der Waals surface area contributed by atoms with Gasteiger partial charge in [-0.25, -0.2) is 8.42 Å². The van der Waals surface area contributed by atoms with E-state index >= 15 is 0 Å². The topological polar surface area (TPSA) is 89.3 Å². The van der Waals surface area contributed by atoms with E-state index in [2.05, 4.69) is 19.2 Å². The van der Waals surface area contributed by atoms with Crippen LogP contribution in [0.25, 0.3) is 0 Å². The third kappa shape index (κ3) is 7.04. The summed E-state index contributed by atoms with van der Waals surface area (Å²) in [6.07, 6.45) is 1.71. The molecule has 0 aliphatic heterocycles. The van der Waals surface area contributed by atoms with Crippen LogP contribution in [-0.2, 0) is 14.6 Å². The number of benzene rings is 1. The SMILES string of the molecule is CC(C)c1ccc(C(N)CNC(=O)CCCS(C)(=O)=O)cc1. The number of nitrogens with one attached hydrogen (secondary N) is 1. The molecule has 0 aliphatic rings. The Morgan fingerprint density at radius 1 is 1.18 bits per heavy atom. The van der Waals surface area contributed by atoms with Gasteiger partial charge in [0.15, 0.2) is 0 Å². The van der Waals surface area contributed by atoms with E-state index in [1.165, 1.54) is 11.8 Å². The molecule has 0 aromatic heterocycles. The molecule has 1 unspecified atom stereocenters. The highest BCUT2D eigenvalue weighted by molar-refractivity contribution is 7.90. The van der Waals surface area contributed by atoms with Gasteiger partial charge in [-0.15, -0.1) is 0 Å². The fraction of sp³-hybridized carbons (Fsp3) is 0.562. The van der Waals surface area contributed by atoms with Gasteiger partial charge in [0.05, 0.1) is 5.75 Å². The molecule has 0 spiro atoms. The zero-order valence-electron chi connectivity index (χ0n) is 13.5. The molecule has 0 fully saturated rings. The maximum absolute atomic E-state index is 11.6. The van der Waals surface area contributed by atoms with E-state index in [0.717, 1.165) is 5.56 Å². The molecule has 1 rings (SSSR count). The fourth-order valence-corrected chi connectivity index (χ4v) is 2.72. The third-order valence-electron chi connectivity index (χ3n) is 3.47. The molecule has 0 heterocycles. The van der Waals surface area contributed by atoms with Crippen LogP contribution in [0.3, 0.4) is 0 Å². The van der Waals surface area contributed by atoms with Crippen molar-refractivity contribution in [1.29, 1.82) is 0 Å². The molecule has 1 aromatic rings. The molecule has 22 heavy (non-hydrogen) atoms. The Morgan fingerprint density at radius 2 is 1.73 bits per heavy atom. The predicted molar refractivity (Wildman–Crippen MR) is 89.4 cm³/mol. The van der Waals surface area contributed by atoms with Crippen LogP contribution in [0.4, 0.5) is 0 Å². The first-order chi connectivity index (χ1) is 10.2. The standard InChI is InChI=1S/C16H26N2O3S/c1-12(2)13-6-8-14(9-7-13)15(17)11-18-16(19)5-4-10-22(3,20)21/h6-9,12,15H,4-5,10-11,17H2,1-3H3,(H,18,19). The van der Waals surface area contributed by atoms with Crippen LogP contribution in [0.15, 0.2) is 24.3 Å². The van der Waals surface area contributed by atoms with Gasteiger partial charge >= 0.3 is 0 Å². The van der Waals surface area contributed by atoms with Crippen LogP contribution in [-0.4, -0.2) is 32.9 Å². The van der Waals surface area contributed by atoms with Crippen molar-refractivity contribution in [2.24, 2.45) is 5.73 Å². The van der Waals surface area contributed by atoms with Gasteiger partial charge in [-0.3, -0.25) is 4.79 Å². The largest absolute Gasteiger partial charge is 0.354 e. The van der Waals surface area contributed by atoms with E-state index in [1.54, 1.807) is 0 Å². The first kappa shape index (κ1) is 18.6. The number of amides is 1. The smallest absolute Gasteiger partial charge is 0.220 e. The van der Waals surface area contributed by atoms with Crippen LogP contribution >= 0.6 is 0 Å². The zero-order valence-corrected chi connectivity index (χ0v) is 14.3. The predicted octanol–water partition coefficient (Wildman–Crippen LogP) is 1.75. The summed E-state index contributed by atoms with van der Waals surface area (Å²) < 4.78 is 22.0. The van der Waals surface area contributed by atoms with Gasteiger partial charge in [0.2, 0.25) is 5.91 Å². The summed E-state index contributed by atoms with van der Waals surface area (Å²) in [4.78, 5) is 11.6. The van der Waals surface area contributed by atoms with Crippen molar-refractivity contribution in [3.8, 4) is 0 Å². The monoisotopic (exact) mass is 326 g/mol. The second kappa shape index (κ2) is 8.29. The molecule has 0 aliphatic carbocycles. The van der Waals surface area contributed by atoms with E-state index in [-0.39, 0.29) is 24.1 Å². The number of hydrogen-bond acceptors (Lipinski definition) is 4. The lowest BCUT2D eigenvalue weighted by Crippen LogP contribution is -2.32. The number of carbonyl (C=O) groups excluding carboxylic acids is 1. The minimum Gasteiger partial charge on any atom is -0.354 e. The number of carbonyl (C=O) groups is 1. The highest BCUT2D eigenvalue weighted by Crippen LogP contribution is 2.17. The minimum absolute atomic E-state index is 0.0309. The van der Waals surface area contributed by atoms with Gasteiger partial charge in [0.25, 0.3) is 0 Å². The molecule has 124 valence electrons. The molecule has 0 saturated heterocycles. The lowest BCUT2D eigenvalue weighted by atomic mass is 9.99. The lowest BCUT2D eigenvalue weighted by Gasteiger charge is -2.14. The average Bonchev–Trinajstić information content (AvgIpc) is 2.43. The molecule has 1 atom stereocenters. The quantitative estimate of drug-likeness (QED) is 0.761. The van der Waals surface area contributed by atoms with Crippen molar-refractivity contribution >= 4 is 15.7 Å². The second-order valence-electron chi connectivity index (χ2n) is 5.97. The van der Waals surface area contributed by atoms with E-state index in [9.17, 15) is 13.2 Å². The minimum atomic E-state index is -3.01. The second-order valence-corrected chi connectivity index (χ2v) is 8.23. The Morgan fingerprint density at radius 3 is 2.23 bits per heavy atom. The molecule has 0 radical (unpaired) electrons. The molecule has 1 aromatic carbocycles. The summed E-state index contributed by atoms with van der Waals surface area (Å²) >= 11 is 0. The summed E-state index contributed by atoms with van der Waals surface area (Å²) in [5.74, 6) is 0.334. The van der Waals surface area contributed by atoms with Gasteiger partial charge in [-0.1, -0.05) is 38.1 Å². The maximum atomic E-state index is 11.6. The Bertz CT molecular complexity index is 580. The molecule has 1 amide bonds. The summed E-state index contributed by atoms with van der Waals surface area (Å²) in [6.45, 7) is 4.61. The van der Waals surface area contributed by atoms with Gasteiger partial charge in [-0.05, 0) is 23.5 Å². The zero-order chi connectivity index (χ0) is 16.8. The van der Waals surface area contributed by atoms with Crippen LogP contribution < -0.4 is 11.1 Å². The first-order valence-electron chi connectivity index (χ1n) is 7.49. The Labute approximate surface area is 133 Å². The highest BCUT2D eigenvalue weighted by atomic mass is 32.2.